The monoisotopic (exact) mass is 228 g/mol. The van der Waals surface area contributed by atoms with Gasteiger partial charge < -0.3 is 9.84 Å². The summed E-state index contributed by atoms with van der Waals surface area (Å²) in [6, 6.07) is 0. The van der Waals surface area contributed by atoms with Crippen molar-refractivity contribution in [2.45, 2.75) is 59.5 Å². The second-order valence-corrected chi connectivity index (χ2v) is 5.94. The molecular weight excluding hydrogens is 204 g/mol. The molecule has 1 unspecified atom stereocenters. The second-order valence-electron chi connectivity index (χ2n) is 5.94. The number of rotatable bonds is 3. The molecule has 0 heterocycles. The maximum Gasteiger partial charge on any atom is 0.314 e. The maximum atomic E-state index is 12.0. The van der Waals surface area contributed by atoms with Gasteiger partial charge >= 0.3 is 5.97 Å². The zero-order chi connectivity index (χ0) is 12.6. The van der Waals surface area contributed by atoms with Crippen molar-refractivity contribution in [3.8, 4) is 0 Å². The van der Waals surface area contributed by atoms with Crippen LogP contribution in [0, 0.1) is 10.8 Å². The standard InChI is InChI=1S/C13H24O3/c1-6-16-10(14)12(4,5)13(15)9-7-8-11(13,2)3/h15H,6-9H2,1-5H3. The Morgan fingerprint density at radius 3 is 2.31 bits per heavy atom. The Kier molecular flexibility index (Phi) is 3.39. The van der Waals surface area contributed by atoms with Crippen LogP contribution in [0.25, 0.3) is 0 Å². The summed E-state index contributed by atoms with van der Waals surface area (Å²) < 4.78 is 5.08. The molecule has 3 heteroatoms. The Labute approximate surface area is 98.2 Å². The molecule has 1 fully saturated rings. The molecule has 0 aromatic rings. The number of hydrogen-bond acceptors (Lipinski definition) is 3. The molecule has 16 heavy (non-hydrogen) atoms. The van der Waals surface area contributed by atoms with Crippen molar-refractivity contribution in [3.05, 3.63) is 0 Å². The van der Waals surface area contributed by atoms with E-state index in [4.69, 9.17) is 4.74 Å². The molecule has 1 saturated carbocycles. The summed E-state index contributed by atoms with van der Waals surface area (Å²) in [5.41, 5.74) is -2.04. The topological polar surface area (TPSA) is 46.5 Å². The van der Waals surface area contributed by atoms with E-state index in [0.717, 1.165) is 12.8 Å². The van der Waals surface area contributed by atoms with Crippen molar-refractivity contribution in [2.75, 3.05) is 6.61 Å². The lowest BCUT2D eigenvalue weighted by molar-refractivity contribution is -0.184. The zero-order valence-electron chi connectivity index (χ0n) is 11.1. The minimum absolute atomic E-state index is 0.233. The average molecular weight is 228 g/mol. The van der Waals surface area contributed by atoms with Gasteiger partial charge in [-0.2, -0.15) is 0 Å². The van der Waals surface area contributed by atoms with Crippen molar-refractivity contribution in [3.63, 3.8) is 0 Å². The van der Waals surface area contributed by atoms with Crippen LogP contribution in [0.3, 0.4) is 0 Å². The summed E-state index contributed by atoms with van der Waals surface area (Å²) in [5.74, 6) is -0.299. The molecular formula is C13H24O3. The highest BCUT2D eigenvalue weighted by atomic mass is 16.5. The Morgan fingerprint density at radius 1 is 1.38 bits per heavy atom. The minimum Gasteiger partial charge on any atom is -0.465 e. The van der Waals surface area contributed by atoms with Crippen molar-refractivity contribution in [1.82, 2.24) is 0 Å². The third-order valence-electron chi connectivity index (χ3n) is 4.28. The molecule has 0 saturated heterocycles. The molecule has 1 atom stereocenters. The minimum atomic E-state index is -0.966. The van der Waals surface area contributed by atoms with Gasteiger partial charge in [-0.1, -0.05) is 13.8 Å². The van der Waals surface area contributed by atoms with Crippen LogP contribution in [0.4, 0.5) is 0 Å². The zero-order valence-corrected chi connectivity index (χ0v) is 11.1. The number of ether oxygens (including phenoxy) is 1. The molecule has 0 aliphatic heterocycles. The van der Waals surface area contributed by atoms with Gasteiger partial charge in [0, 0.05) is 0 Å². The lowest BCUT2D eigenvalue weighted by atomic mass is 9.63. The highest BCUT2D eigenvalue weighted by Crippen LogP contribution is 2.55. The second kappa shape index (κ2) is 4.02. The number of hydrogen-bond donors (Lipinski definition) is 1. The van der Waals surface area contributed by atoms with Gasteiger partial charge in [-0.25, -0.2) is 0 Å². The summed E-state index contributed by atoms with van der Waals surface area (Å²) in [7, 11) is 0. The number of carbonyl (C=O) groups is 1. The lowest BCUT2D eigenvalue weighted by Crippen LogP contribution is -2.56. The van der Waals surface area contributed by atoms with Crippen LogP contribution in [-0.4, -0.2) is 23.3 Å². The third kappa shape index (κ3) is 1.75. The molecule has 1 rings (SSSR count). The van der Waals surface area contributed by atoms with Gasteiger partial charge in [0.05, 0.1) is 17.6 Å². The summed E-state index contributed by atoms with van der Waals surface area (Å²) in [5, 5.41) is 10.8. The van der Waals surface area contributed by atoms with E-state index in [1.807, 2.05) is 13.8 Å². The van der Waals surface area contributed by atoms with E-state index in [1.165, 1.54) is 0 Å². The predicted molar refractivity (Wildman–Crippen MR) is 63.0 cm³/mol. The quantitative estimate of drug-likeness (QED) is 0.755. The van der Waals surface area contributed by atoms with Crippen LogP contribution in [0.1, 0.15) is 53.9 Å². The van der Waals surface area contributed by atoms with Crippen LogP contribution >= 0.6 is 0 Å². The van der Waals surface area contributed by atoms with E-state index in [9.17, 15) is 9.90 Å². The molecule has 1 N–H and O–H groups in total. The first kappa shape index (κ1) is 13.5. The van der Waals surface area contributed by atoms with Crippen LogP contribution in [0.5, 0.6) is 0 Å². The van der Waals surface area contributed by atoms with Gasteiger partial charge in [0.15, 0.2) is 0 Å². The van der Waals surface area contributed by atoms with Gasteiger partial charge in [0.2, 0.25) is 0 Å². The Bertz CT molecular complexity index is 281. The van der Waals surface area contributed by atoms with Gasteiger partial charge in [0.1, 0.15) is 0 Å². The highest BCUT2D eigenvalue weighted by Gasteiger charge is 2.60. The largest absolute Gasteiger partial charge is 0.465 e. The fraction of sp³-hybridized carbons (Fsp3) is 0.923. The van der Waals surface area contributed by atoms with E-state index in [2.05, 4.69) is 0 Å². The molecule has 1 aliphatic carbocycles. The number of esters is 1. The van der Waals surface area contributed by atoms with Gasteiger partial charge in [-0.05, 0) is 45.4 Å². The van der Waals surface area contributed by atoms with Gasteiger partial charge in [-0.15, -0.1) is 0 Å². The molecule has 1 aliphatic rings. The molecule has 0 aromatic heterocycles. The normalized spacial score (nSPS) is 29.1. The van der Waals surface area contributed by atoms with Gasteiger partial charge in [0.25, 0.3) is 0 Å². The molecule has 94 valence electrons. The number of aliphatic hydroxyl groups is 1. The van der Waals surface area contributed by atoms with Crippen LogP contribution in [0.2, 0.25) is 0 Å². The average Bonchev–Trinajstić information content (AvgIpc) is 2.43. The Morgan fingerprint density at radius 2 is 1.94 bits per heavy atom. The molecule has 0 amide bonds. The van der Waals surface area contributed by atoms with Gasteiger partial charge in [-0.3, -0.25) is 4.79 Å². The predicted octanol–water partition coefficient (Wildman–Crippen LogP) is 2.52. The van der Waals surface area contributed by atoms with Crippen molar-refractivity contribution < 1.29 is 14.6 Å². The molecule has 3 nitrogen and oxygen atoms in total. The summed E-state index contributed by atoms with van der Waals surface area (Å²) in [6.07, 6.45) is 2.59. The maximum absolute atomic E-state index is 12.0. The number of carbonyl (C=O) groups excluding carboxylic acids is 1. The molecule has 0 aromatic carbocycles. The SMILES string of the molecule is CCOC(=O)C(C)(C)C1(O)CCCC1(C)C. The fourth-order valence-corrected chi connectivity index (χ4v) is 2.97. The van der Waals surface area contributed by atoms with Crippen molar-refractivity contribution in [2.24, 2.45) is 10.8 Å². The molecule has 0 spiro atoms. The van der Waals surface area contributed by atoms with Crippen LogP contribution in [-0.2, 0) is 9.53 Å². The summed E-state index contributed by atoms with van der Waals surface area (Å²) >= 11 is 0. The van der Waals surface area contributed by atoms with E-state index in [0.29, 0.717) is 13.0 Å². The molecule has 0 bridgehead atoms. The first-order chi connectivity index (χ1) is 7.19. The summed E-state index contributed by atoms with van der Waals surface area (Å²) in [6.45, 7) is 9.79. The smallest absolute Gasteiger partial charge is 0.314 e. The fourth-order valence-electron chi connectivity index (χ4n) is 2.97. The first-order valence-corrected chi connectivity index (χ1v) is 6.08. The highest BCUT2D eigenvalue weighted by molar-refractivity contribution is 5.77. The van der Waals surface area contributed by atoms with E-state index in [1.54, 1.807) is 20.8 Å². The van der Waals surface area contributed by atoms with Crippen LogP contribution < -0.4 is 0 Å². The van der Waals surface area contributed by atoms with E-state index in [-0.39, 0.29) is 11.4 Å². The van der Waals surface area contributed by atoms with Crippen LogP contribution in [0.15, 0.2) is 0 Å². The third-order valence-corrected chi connectivity index (χ3v) is 4.28. The van der Waals surface area contributed by atoms with Crippen molar-refractivity contribution in [1.29, 1.82) is 0 Å². The lowest BCUT2D eigenvalue weighted by Gasteiger charge is -2.46. The van der Waals surface area contributed by atoms with E-state index >= 15 is 0 Å². The first-order valence-electron chi connectivity index (χ1n) is 6.08. The Hall–Kier alpha value is -0.570. The molecule has 0 radical (unpaired) electrons. The Balaban J connectivity index is 3.02. The summed E-state index contributed by atoms with van der Waals surface area (Å²) in [4.78, 5) is 12.0. The van der Waals surface area contributed by atoms with Crippen molar-refractivity contribution >= 4 is 5.97 Å². The van der Waals surface area contributed by atoms with E-state index < -0.39 is 11.0 Å².